The molecule has 0 saturated heterocycles. The van der Waals surface area contributed by atoms with Gasteiger partial charge in [0.2, 0.25) is 0 Å². The lowest BCUT2D eigenvalue weighted by Crippen LogP contribution is -2.35. The summed E-state index contributed by atoms with van der Waals surface area (Å²) in [4.78, 5) is 13.4. The van der Waals surface area contributed by atoms with E-state index in [-0.39, 0.29) is 23.2 Å². The molecule has 2 aliphatic carbocycles. The van der Waals surface area contributed by atoms with Gasteiger partial charge in [0.15, 0.2) is 0 Å². The molecular weight excluding hydrogens is 489 g/mol. The van der Waals surface area contributed by atoms with Crippen LogP contribution in [0.5, 0.6) is 5.75 Å². The molecular formula is C33H32FN3O2. The largest absolute Gasteiger partial charge is 0.496 e. The Kier molecular flexibility index (Phi) is 6.55. The Bertz CT molecular complexity index is 1530. The average molecular weight is 522 g/mol. The number of nitrogens with zero attached hydrogens (tertiary/aromatic N) is 2. The number of hydrogen-bond donors (Lipinski definition) is 1. The van der Waals surface area contributed by atoms with Gasteiger partial charge in [0.25, 0.3) is 5.91 Å². The molecule has 1 saturated carbocycles. The van der Waals surface area contributed by atoms with Crippen LogP contribution in [0.25, 0.3) is 11.8 Å². The number of halogens is 1. The van der Waals surface area contributed by atoms with Gasteiger partial charge in [0, 0.05) is 0 Å². The van der Waals surface area contributed by atoms with Gasteiger partial charge in [-0.15, -0.1) is 0 Å². The second kappa shape index (κ2) is 10.2. The number of hydrogen-bond acceptors (Lipinski definition) is 3. The van der Waals surface area contributed by atoms with Gasteiger partial charge in [-0.2, -0.15) is 5.10 Å². The van der Waals surface area contributed by atoms with Crippen LogP contribution in [-0.4, -0.2) is 22.8 Å². The van der Waals surface area contributed by atoms with Crippen LogP contribution in [0.2, 0.25) is 0 Å². The fourth-order valence-electron chi connectivity index (χ4n) is 6.42. The van der Waals surface area contributed by atoms with E-state index in [1.54, 1.807) is 25.3 Å². The first-order valence-corrected chi connectivity index (χ1v) is 13.5. The van der Waals surface area contributed by atoms with Crippen LogP contribution in [0.3, 0.4) is 0 Å². The number of allylic oxidation sites excluding steroid dienone is 1. The highest BCUT2D eigenvalue weighted by atomic mass is 19.1. The van der Waals surface area contributed by atoms with E-state index < -0.39 is 0 Å². The molecule has 0 radical (unpaired) electrons. The van der Waals surface area contributed by atoms with Gasteiger partial charge >= 0.3 is 0 Å². The van der Waals surface area contributed by atoms with Gasteiger partial charge in [-0.25, -0.2) is 9.07 Å². The molecule has 6 heteroatoms. The van der Waals surface area contributed by atoms with E-state index in [4.69, 9.17) is 4.74 Å². The summed E-state index contributed by atoms with van der Waals surface area (Å²) in [5, 5.41) is 7.99. The molecule has 1 amide bonds. The number of carbonyl (C=O) groups excluding carboxylic acids is 1. The maximum atomic E-state index is 13.5. The summed E-state index contributed by atoms with van der Waals surface area (Å²) in [6.07, 6.45) is 8.04. The van der Waals surface area contributed by atoms with Crippen molar-refractivity contribution in [3.8, 4) is 11.4 Å². The monoisotopic (exact) mass is 521 g/mol. The normalized spacial score (nSPS) is 20.5. The zero-order chi connectivity index (χ0) is 27.0. The van der Waals surface area contributed by atoms with Crippen molar-refractivity contribution in [2.75, 3.05) is 7.11 Å². The molecule has 1 heterocycles. The van der Waals surface area contributed by atoms with Gasteiger partial charge in [-0.05, 0) is 90.6 Å². The molecule has 5 nitrogen and oxygen atoms in total. The SMILES string of the molecule is COc1ccccc1C(=O)NC(CC1CCC2=Cc3c(cnn3-c3ccc(F)cc3)CC21C)c1ccccc1. The Morgan fingerprint density at radius 1 is 1.10 bits per heavy atom. The third kappa shape index (κ3) is 4.65. The Morgan fingerprint density at radius 3 is 2.62 bits per heavy atom. The van der Waals surface area contributed by atoms with Gasteiger partial charge in [-0.1, -0.05) is 55.0 Å². The smallest absolute Gasteiger partial charge is 0.255 e. The van der Waals surface area contributed by atoms with Gasteiger partial charge in [-0.3, -0.25) is 4.79 Å². The summed E-state index contributed by atoms with van der Waals surface area (Å²) in [6, 6.07) is 23.9. The first-order chi connectivity index (χ1) is 19.0. The molecule has 3 atom stereocenters. The molecule has 1 fully saturated rings. The fourth-order valence-corrected chi connectivity index (χ4v) is 6.42. The van der Waals surface area contributed by atoms with E-state index in [0.29, 0.717) is 17.2 Å². The van der Waals surface area contributed by atoms with Crippen molar-refractivity contribution in [2.24, 2.45) is 11.3 Å². The van der Waals surface area contributed by atoms with Crippen LogP contribution >= 0.6 is 0 Å². The van der Waals surface area contributed by atoms with Crippen LogP contribution in [0.4, 0.5) is 4.39 Å². The summed E-state index contributed by atoms with van der Waals surface area (Å²) >= 11 is 0. The number of fused-ring (bicyclic) bond motifs is 2. The molecule has 198 valence electrons. The van der Waals surface area contributed by atoms with Gasteiger partial charge < -0.3 is 10.1 Å². The van der Waals surface area contributed by atoms with Crippen molar-refractivity contribution in [3.05, 3.63) is 119 Å². The molecule has 39 heavy (non-hydrogen) atoms. The molecule has 1 aromatic heterocycles. The highest BCUT2D eigenvalue weighted by Crippen LogP contribution is 2.55. The van der Waals surface area contributed by atoms with E-state index >= 15 is 0 Å². The number of benzene rings is 3. The molecule has 6 rings (SSSR count). The lowest BCUT2D eigenvalue weighted by atomic mass is 9.68. The van der Waals surface area contributed by atoms with E-state index in [1.807, 2.05) is 47.3 Å². The zero-order valence-corrected chi connectivity index (χ0v) is 22.2. The van der Waals surface area contributed by atoms with Crippen LogP contribution in [0.1, 0.15) is 59.4 Å². The van der Waals surface area contributed by atoms with Crippen molar-refractivity contribution < 1.29 is 13.9 Å². The summed E-state index contributed by atoms with van der Waals surface area (Å²) in [6.45, 7) is 2.36. The highest BCUT2D eigenvalue weighted by Gasteiger charge is 2.46. The Morgan fingerprint density at radius 2 is 1.85 bits per heavy atom. The number of para-hydroxylation sites is 1. The predicted molar refractivity (Wildman–Crippen MR) is 150 cm³/mol. The van der Waals surface area contributed by atoms with Crippen LogP contribution in [-0.2, 0) is 6.42 Å². The Labute approximate surface area is 228 Å². The topological polar surface area (TPSA) is 56.1 Å². The molecule has 4 aromatic rings. The zero-order valence-electron chi connectivity index (χ0n) is 22.2. The van der Waals surface area contributed by atoms with E-state index in [1.165, 1.54) is 23.3 Å². The van der Waals surface area contributed by atoms with Crippen molar-refractivity contribution in [1.29, 1.82) is 0 Å². The quantitative estimate of drug-likeness (QED) is 0.287. The number of carbonyl (C=O) groups is 1. The third-order valence-electron chi connectivity index (χ3n) is 8.60. The standard InChI is InChI=1S/C33H32FN3O2/c1-33-20-23-21-35-37(27-16-14-26(34)15-17-27)30(23)19-25(33)13-12-24(33)18-29(22-8-4-3-5-9-22)36-32(38)28-10-6-7-11-31(28)39-2/h3-11,14-17,19,21,24,29H,12-13,18,20H2,1-2H3,(H,36,38). The summed E-state index contributed by atoms with van der Waals surface area (Å²) in [5.41, 5.74) is 6.18. The number of methoxy groups -OCH3 is 1. The lowest BCUT2D eigenvalue weighted by molar-refractivity contribution is 0.0920. The molecule has 0 spiro atoms. The number of rotatable bonds is 7. The van der Waals surface area contributed by atoms with Crippen molar-refractivity contribution >= 4 is 12.0 Å². The van der Waals surface area contributed by atoms with Crippen molar-refractivity contribution in [2.45, 2.75) is 38.6 Å². The maximum Gasteiger partial charge on any atom is 0.255 e. The van der Waals surface area contributed by atoms with E-state index in [0.717, 1.165) is 42.6 Å². The highest BCUT2D eigenvalue weighted by molar-refractivity contribution is 5.97. The van der Waals surface area contributed by atoms with Gasteiger partial charge in [0.1, 0.15) is 11.6 Å². The third-order valence-corrected chi connectivity index (χ3v) is 8.60. The number of aromatic nitrogens is 2. The van der Waals surface area contributed by atoms with Crippen molar-refractivity contribution in [3.63, 3.8) is 0 Å². The summed E-state index contributed by atoms with van der Waals surface area (Å²) < 4.78 is 20.9. The molecule has 0 bridgehead atoms. The molecule has 2 aliphatic rings. The molecule has 3 unspecified atom stereocenters. The average Bonchev–Trinajstić information content (AvgIpc) is 3.51. The summed E-state index contributed by atoms with van der Waals surface area (Å²) in [7, 11) is 1.59. The first kappa shape index (κ1) is 25.1. The van der Waals surface area contributed by atoms with Crippen LogP contribution in [0, 0.1) is 17.2 Å². The fraction of sp³-hybridized carbons (Fsp3) is 0.273. The number of nitrogens with one attached hydrogen (secondary N) is 1. The minimum Gasteiger partial charge on any atom is -0.496 e. The predicted octanol–water partition coefficient (Wildman–Crippen LogP) is 6.94. The minimum absolute atomic E-state index is 0.0220. The lowest BCUT2D eigenvalue weighted by Gasteiger charge is -2.37. The molecule has 3 aromatic carbocycles. The van der Waals surface area contributed by atoms with E-state index in [2.05, 4.69) is 35.5 Å². The summed E-state index contributed by atoms with van der Waals surface area (Å²) in [5.74, 6) is 0.564. The second-order valence-corrected chi connectivity index (χ2v) is 10.8. The minimum atomic E-state index is -0.255. The second-order valence-electron chi connectivity index (χ2n) is 10.8. The van der Waals surface area contributed by atoms with Gasteiger partial charge in [0.05, 0.1) is 36.3 Å². The number of ether oxygens (including phenoxy) is 1. The maximum absolute atomic E-state index is 13.5. The van der Waals surface area contributed by atoms with Crippen molar-refractivity contribution in [1.82, 2.24) is 15.1 Å². The van der Waals surface area contributed by atoms with Crippen LogP contribution < -0.4 is 10.1 Å². The Hall–Kier alpha value is -4.19. The molecule has 0 aliphatic heterocycles. The number of amides is 1. The van der Waals surface area contributed by atoms with E-state index in [9.17, 15) is 9.18 Å². The van der Waals surface area contributed by atoms with Crippen LogP contribution in [0.15, 0.2) is 90.6 Å². The molecule has 1 N–H and O–H groups in total. The first-order valence-electron chi connectivity index (χ1n) is 13.5. The Balaban J connectivity index is 1.28.